The van der Waals surface area contributed by atoms with Crippen LogP contribution in [0.3, 0.4) is 0 Å². The van der Waals surface area contributed by atoms with Crippen molar-refractivity contribution in [3.63, 3.8) is 0 Å². The highest BCUT2D eigenvalue weighted by Gasteiger charge is 2.22. The van der Waals surface area contributed by atoms with Gasteiger partial charge in [-0.1, -0.05) is 19.8 Å². The fraction of sp³-hybridized carbons (Fsp3) is 0.533. The fourth-order valence-corrected chi connectivity index (χ4v) is 2.75. The molecule has 0 aromatic heterocycles. The molecule has 0 N–H and O–H groups in total. The van der Waals surface area contributed by atoms with Gasteiger partial charge < -0.3 is 4.90 Å². The van der Waals surface area contributed by atoms with Crippen molar-refractivity contribution in [2.75, 3.05) is 11.9 Å². The predicted molar refractivity (Wildman–Crippen MR) is 71.7 cm³/mol. The van der Waals surface area contributed by atoms with Crippen molar-refractivity contribution < 1.29 is 4.79 Å². The topological polar surface area (TPSA) is 20.3 Å². The molecule has 0 amide bonds. The Morgan fingerprint density at radius 2 is 1.94 bits per heavy atom. The van der Waals surface area contributed by atoms with Gasteiger partial charge in [0.15, 0.2) is 0 Å². The summed E-state index contributed by atoms with van der Waals surface area (Å²) in [6.07, 6.45) is 6.17. The highest BCUT2D eigenvalue weighted by molar-refractivity contribution is 5.75. The second kappa shape index (κ2) is 5.35. The van der Waals surface area contributed by atoms with E-state index in [0.29, 0.717) is 6.04 Å². The van der Waals surface area contributed by atoms with Gasteiger partial charge in [-0.25, -0.2) is 0 Å². The van der Waals surface area contributed by atoms with Gasteiger partial charge in [-0.15, -0.1) is 0 Å². The Morgan fingerprint density at radius 1 is 1.24 bits per heavy atom. The van der Waals surface area contributed by atoms with E-state index in [4.69, 9.17) is 0 Å². The molecule has 1 fully saturated rings. The number of benzene rings is 1. The SMILES string of the molecule is CC1CCCC(N(C)c2ccc(C=O)cc2)C1. The van der Waals surface area contributed by atoms with E-state index in [-0.39, 0.29) is 0 Å². The Hall–Kier alpha value is -1.31. The summed E-state index contributed by atoms with van der Waals surface area (Å²) in [6, 6.07) is 8.53. The second-order valence-electron chi connectivity index (χ2n) is 5.25. The Morgan fingerprint density at radius 3 is 2.53 bits per heavy atom. The Labute approximate surface area is 104 Å². The van der Waals surface area contributed by atoms with Gasteiger partial charge in [0, 0.05) is 24.3 Å². The van der Waals surface area contributed by atoms with Gasteiger partial charge in [0.1, 0.15) is 6.29 Å². The summed E-state index contributed by atoms with van der Waals surface area (Å²) in [4.78, 5) is 13.0. The van der Waals surface area contributed by atoms with E-state index in [0.717, 1.165) is 17.8 Å². The van der Waals surface area contributed by atoms with Crippen LogP contribution in [0.25, 0.3) is 0 Å². The molecule has 92 valence electrons. The molecule has 1 aromatic rings. The number of hydrogen-bond donors (Lipinski definition) is 0. The molecule has 0 heterocycles. The summed E-state index contributed by atoms with van der Waals surface area (Å²) in [6.45, 7) is 2.34. The number of nitrogens with zero attached hydrogens (tertiary/aromatic N) is 1. The molecule has 2 unspecified atom stereocenters. The van der Waals surface area contributed by atoms with Crippen molar-refractivity contribution in [2.24, 2.45) is 5.92 Å². The molecular formula is C15H21NO. The lowest BCUT2D eigenvalue weighted by atomic mass is 9.86. The minimum absolute atomic E-state index is 0.654. The van der Waals surface area contributed by atoms with Crippen molar-refractivity contribution in [2.45, 2.75) is 38.6 Å². The number of carbonyl (C=O) groups excluding carboxylic acids is 1. The monoisotopic (exact) mass is 231 g/mol. The van der Waals surface area contributed by atoms with Gasteiger partial charge in [0.25, 0.3) is 0 Å². The molecule has 1 aliphatic carbocycles. The van der Waals surface area contributed by atoms with Crippen molar-refractivity contribution in [1.82, 2.24) is 0 Å². The van der Waals surface area contributed by atoms with Crippen LogP contribution in [-0.2, 0) is 0 Å². The summed E-state index contributed by atoms with van der Waals surface area (Å²) < 4.78 is 0. The van der Waals surface area contributed by atoms with E-state index < -0.39 is 0 Å². The molecule has 2 atom stereocenters. The minimum Gasteiger partial charge on any atom is -0.372 e. The van der Waals surface area contributed by atoms with Crippen LogP contribution in [0, 0.1) is 5.92 Å². The van der Waals surface area contributed by atoms with E-state index in [9.17, 15) is 4.79 Å². The van der Waals surface area contributed by atoms with Crippen LogP contribution in [0.15, 0.2) is 24.3 Å². The molecule has 0 spiro atoms. The average Bonchev–Trinajstić information content (AvgIpc) is 2.38. The number of carbonyl (C=O) groups is 1. The van der Waals surface area contributed by atoms with Crippen molar-refractivity contribution in [1.29, 1.82) is 0 Å². The first kappa shape index (κ1) is 12.2. The first-order valence-corrected chi connectivity index (χ1v) is 6.49. The molecule has 2 heteroatoms. The minimum atomic E-state index is 0.654. The first-order valence-electron chi connectivity index (χ1n) is 6.49. The Balaban J connectivity index is 2.07. The van der Waals surface area contributed by atoms with E-state index in [1.165, 1.54) is 31.4 Å². The van der Waals surface area contributed by atoms with Gasteiger partial charge >= 0.3 is 0 Å². The van der Waals surface area contributed by atoms with Crippen LogP contribution < -0.4 is 4.90 Å². The third-order valence-electron chi connectivity index (χ3n) is 3.89. The van der Waals surface area contributed by atoms with Crippen molar-refractivity contribution in [3.8, 4) is 0 Å². The van der Waals surface area contributed by atoms with Crippen LogP contribution in [-0.4, -0.2) is 19.4 Å². The van der Waals surface area contributed by atoms with Gasteiger partial charge in [0.05, 0.1) is 0 Å². The first-order chi connectivity index (χ1) is 8.20. The zero-order valence-corrected chi connectivity index (χ0v) is 10.7. The lowest BCUT2D eigenvalue weighted by molar-refractivity contribution is 0.112. The second-order valence-corrected chi connectivity index (χ2v) is 5.25. The molecule has 1 saturated carbocycles. The van der Waals surface area contributed by atoms with Gasteiger partial charge in [-0.3, -0.25) is 4.79 Å². The Kier molecular flexibility index (Phi) is 3.82. The van der Waals surface area contributed by atoms with Crippen LogP contribution >= 0.6 is 0 Å². The highest BCUT2D eigenvalue weighted by Crippen LogP contribution is 2.29. The van der Waals surface area contributed by atoms with Crippen LogP contribution in [0.4, 0.5) is 5.69 Å². The van der Waals surface area contributed by atoms with Crippen LogP contribution in [0.5, 0.6) is 0 Å². The van der Waals surface area contributed by atoms with Gasteiger partial charge in [0.2, 0.25) is 0 Å². The lowest BCUT2D eigenvalue weighted by Crippen LogP contribution is -2.35. The zero-order valence-electron chi connectivity index (χ0n) is 10.7. The number of anilines is 1. The maximum Gasteiger partial charge on any atom is 0.150 e. The molecule has 0 bridgehead atoms. The molecule has 0 saturated heterocycles. The van der Waals surface area contributed by atoms with Crippen LogP contribution in [0.2, 0.25) is 0 Å². The fourth-order valence-electron chi connectivity index (χ4n) is 2.75. The van der Waals surface area contributed by atoms with E-state index in [1.807, 2.05) is 24.3 Å². The summed E-state index contributed by atoms with van der Waals surface area (Å²) in [7, 11) is 2.17. The number of aldehydes is 1. The lowest BCUT2D eigenvalue weighted by Gasteiger charge is -2.35. The van der Waals surface area contributed by atoms with Crippen molar-refractivity contribution in [3.05, 3.63) is 29.8 Å². The molecule has 1 aromatic carbocycles. The largest absolute Gasteiger partial charge is 0.372 e. The summed E-state index contributed by atoms with van der Waals surface area (Å²) >= 11 is 0. The summed E-state index contributed by atoms with van der Waals surface area (Å²) in [5, 5.41) is 0. The third-order valence-corrected chi connectivity index (χ3v) is 3.89. The van der Waals surface area contributed by atoms with E-state index >= 15 is 0 Å². The molecule has 2 rings (SSSR count). The highest BCUT2D eigenvalue weighted by atomic mass is 16.1. The van der Waals surface area contributed by atoms with Gasteiger partial charge in [-0.2, -0.15) is 0 Å². The third kappa shape index (κ3) is 2.87. The summed E-state index contributed by atoms with van der Waals surface area (Å²) in [5.74, 6) is 0.838. The number of hydrogen-bond acceptors (Lipinski definition) is 2. The van der Waals surface area contributed by atoms with Crippen molar-refractivity contribution >= 4 is 12.0 Å². The van der Waals surface area contributed by atoms with Crippen LogP contribution in [0.1, 0.15) is 43.0 Å². The molecule has 17 heavy (non-hydrogen) atoms. The normalized spacial score (nSPS) is 24.4. The molecule has 0 radical (unpaired) electrons. The quantitative estimate of drug-likeness (QED) is 0.742. The molecule has 0 aliphatic heterocycles. The molecular weight excluding hydrogens is 210 g/mol. The molecule has 1 aliphatic rings. The Bertz CT molecular complexity index is 371. The van der Waals surface area contributed by atoms with E-state index in [2.05, 4.69) is 18.9 Å². The summed E-state index contributed by atoms with van der Waals surface area (Å²) in [5.41, 5.74) is 1.97. The standard InChI is InChI=1S/C15H21NO/c1-12-4-3-5-15(10-12)16(2)14-8-6-13(11-17)7-9-14/h6-9,11-12,15H,3-5,10H2,1-2H3. The smallest absolute Gasteiger partial charge is 0.150 e. The van der Waals surface area contributed by atoms with Gasteiger partial charge in [-0.05, 0) is 43.0 Å². The average molecular weight is 231 g/mol. The number of rotatable bonds is 3. The maximum atomic E-state index is 10.6. The maximum absolute atomic E-state index is 10.6. The predicted octanol–water partition coefficient (Wildman–Crippen LogP) is 3.51. The molecule has 2 nitrogen and oxygen atoms in total. The van der Waals surface area contributed by atoms with E-state index in [1.54, 1.807) is 0 Å². The zero-order chi connectivity index (χ0) is 12.3.